The highest BCUT2D eigenvalue weighted by atomic mass is 16.5. The Hall–Kier alpha value is -4.98. The fourth-order valence-corrected chi connectivity index (χ4v) is 6.85. The highest BCUT2D eigenvalue weighted by Crippen LogP contribution is 2.37. The number of para-hydroxylation sites is 2. The van der Waals surface area contributed by atoms with Crippen molar-refractivity contribution in [3.8, 4) is 22.6 Å². The van der Waals surface area contributed by atoms with Crippen molar-refractivity contribution in [2.75, 3.05) is 19.7 Å². The van der Waals surface area contributed by atoms with Gasteiger partial charge in [0.05, 0.1) is 25.0 Å². The van der Waals surface area contributed by atoms with E-state index in [9.17, 15) is 4.79 Å². The van der Waals surface area contributed by atoms with Gasteiger partial charge in [0.15, 0.2) is 5.96 Å². The van der Waals surface area contributed by atoms with E-state index >= 15 is 0 Å². The highest BCUT2D eigenvalue weighted by molar-refractivity contribution is 5.80. The van der Waals surface area contributed by atoms with Crippen LogP contribution in [0.15, 0.2) is 65.9 Å². The molecule has 1 aliphatic carbocycles. The van der Waals surface area contributed by atoms with Gasteiger partial charge in [-0.05, 0) is 76.0 Å². The number of nitrogens with zero attached hydrogens (tertiary/aromatic N) is 7. The van der Waals surface area contributed by atoms with Gasteiger partial charge >= 0.3 is 0 Å². The van der Waals surface area contributed by atoms with E-state index < -0.39 is 6.04 Å². The molecule has 0 unspecified atom stereocenters. The van der Waals surface area contributed by atoms with Crippen LogP contribution in [0, 0.1) is 5.92 Å². The van der Waals surface area contributed by atoms with E-state index in [1.807, 2.05) is 60.9 Å². The first-order valence-corrected chi connectivity index (χ1v) is 19.6. The largest absolute Gasteiger partial charge is 0.493 e. The number of guanidine groups is 1. The van der Waals surface area contributed by atoms with Crippen LogP contribution in [0.3, 0.4) is 0 Å². The van der Waals surface area contributed by atoms with Crippen LogP contribution in [-0.4, -0.2) is 67.6 Å². The Morgan fingerprint density at radius 1 is 0.889 bits per heavy atom. The molecule has 0 radical (unpaired) electrons. The number of nitrogens with two attached hydrogens (primary N) is 3. The maximum Gasteiger partial charge on any atom is 0.245 e. The van der Waals surface area contributed by atoms with E-state index in [-0.39, 0.29) is 24.5 Å². The molecule has 1 fully saturated rings. The van der Waals surface area contributed by atoms with E-state index in [1.54, 1.807) is 9.36 Å². The lowest BCUT2D eigenvalue weighted by Crippen LogP contribution is -2.42. The van der Waals surface area contributed by atoms with Crippen molar-refractivity contribution in [2.45, 2.75) is 116 Å². The number of aromatic nitrogens is 6. The molecule has 14 heteroatoms. The van der Waals surface area contributed by atoms with Crippen molar-refractivity contribution in [1.82, 2.24) is 35.3 Å². The predicted octanol–water partition coefficient (Wildman–Crippen LogP) is 5.50. The van der Waals surface area contributed by atoms with Crippen molar-refractivity contribution in [2.24, 2.45) is 28.1 Å². The first-order chi connectivity index (χ1) is 26.3. The number of carbonyl (C=O) groups is 1. The number of benzene rings is 2. The first kappa shape index (κ1) is 40.2. The fraction of sp³-hybridized carbons (Fsp3) is 0.550. The molecule has 4 aromatic rings. The second kappa shape index (κ2) is 21.0. The van der Waals surface area contributed by atoms with Crippen LogP contribution in [0.25, 0.3) is 11.1 Å². The molecule has 1 aliphatic rings. The summed E-state index contributed by atoms with van der Waals surface area (Å²) in [6.45, 7) is 6.66. The van der Waals surface area contributed by atoms with Gasteiger partial charge in [-0.2, -0.15) is 0 Å². The number of hydrogen-bond acceptors (Lipinski definition) is 9. The fourth-order valence-electron chi connectivity index (χ4n) is 6.85. The van der Waals surface area contributed by atoms with Gasteiger partial charge in [-0.25, -0.2) is 4.68 Å². The van der Waals surface area contributed by atoms with Crippen LogP contribution < -0.4 is 32.0 Å². The Bertz CT molecular complexity index is 1740. The van der Waals surface area contributed by atoms with Gasteiger partial charge in [0.25, 0.3) is 0 Å². The van der Waals surface area contributed by atoms with Gasteiger partial charge in [-0.3, -0.25) is 14.5 Å². The van der Waals surface area contributed by atoms with Crippen molar-refractivity contribution >= 4 is 11.9 Å². The van der Waals surface area contributed by atoms with Gasteiger partial charge in [0.2, 0.25) is 5.91 Å². The van der Waals surface area contributed by atoms with Crippen molar-refractivity contribution in [1.29, 1.82) is 0 Å². The lowest BCUT2D eigenvalue weighted by molar-refractivity contribution is -0.125. The van der Waals surface area contributed by atoms with E-state index in [4.69, 9.17) is 26.7 Å². The molecule has 5 rings (SSSR count). The molecule has 2 aromatic carbocycles. The Balaban J connectivity index is 1.26. The number of carbonyl (C=O) groups excluding carboxylic acids is 1. The number of ether oxygens (including phenoxy) is 2. The lowest BCUT2D eigenvalue weighted by atomic mass is 9.87. The molecule has 1 saturated carbocycles. The molecule has 0 saturated heterocycles. The topological polar surface area (TPSA) is 199 Å². The smallest absolute Gasteiger partial charge is 0.245 e. The Kier molecular flexibility index (Phi) is 15.7. The SMILES string of the molecule is CC(C)CCOc1ccccc1-c1ccccc1OCc1cn(C[C@@H](CCCN=C(N)N)NC(=O)[C@@H](CCCCN)n2cc(C3CCCCC3)nn2)nn1. The van der Waals surface area contributed by atoms with E-state index in [1.165, 1.54) is 19.3 Å². The zero-order chi connectivity index (χ0) is 38.1. The van der Waals surface area contributed by atoms with Crippen molar-refractivity contribution < 1.29 is 14.3 Å². The molecular weight excluding hydrogens is 683 g/mol. The number of rotatable bonds is 22. The van der Waals surface area contributed by atoms with Crippen LogP contribution >= 0.6 is 0 Å². The molecule has 14 nitrogen and oxygen atoms in total. The number of amides is 1. The summed E-state index contributed by atoms with van der Waals surface area (Å²) >= 11 is 0. The van der Waals surface area contributed by atoms with Crippen LogP contribution in [0.5, 0.6) is 11.5 Å². The highest BCUT2D eigenvalue weighted by Gasteiger charge is 2.27. The van der Waals surface area contributed by atoms with Gasteiger partial charge in [0, 0.05) is 35.8 Å². The van der Waals surface area contributed by atoms with E-state index in [2.05, 4.69) is 44.8 Å². The number of aliphatic imine (C=N–C) groups is 1. The normalized spacial score (nSPS) is 14.4. The van der Waals surface area contributed by atoms with E-state index in [0.717, 1.165) is 60.4 Å². The van der Waals surface area contributed by atoms with Crippen molar-refractivity contribution in [3.63, 3.8) is 0 Å². The van der Waals surface area contributed by atoms with Gasteiger partial charge in [-0.1, -0.05) is 79.9 Å². The van der Waals surface area contributed by atoms with Gasteiger partial charge in [0.1, 0.15) is 29.8 Å². The molecule has 292 valence electrons. The molecule has 54 heavy (non-hydrogen) atoms. The summed E-state index contributed by atoms with van der Waals surface area (Å²) in [6.07, 6.45) is 14.2. The third-order valence-electron chi connectivity index (χ3n) is 9.84. The summed E-state index contributed by atoms with van der Waals surface area (Å²) in [5.74, 6) is 2.42. The zero-order valence-electron chi connectivity index (χ0n) is 32.0. The average molecular weight is 742 g/mol. The first-order valence-electron chi connectivity index (χ1n) is 19.6. The third kappa shape index (κ3) is 12.3. The van der Waals surface area contributed by atoms with Crippen LogP contribution in [-0.2, 0) is 17.9 Å². The summed E-state index contributed by atoms with van der Waals surface area (Å²) < 4.78 is 16.0. The van der Waals surface area contributed by atoms with E-state index in [0.29, 0.717) is 63.0 Å². The summed E-state index contributed by atoms with van der Waals surface area (Å²) in [4.78, 5) is 18.2. The molecule has 1 amide bonds. The summed E-state index contributed by atoms with van der Waals surface area (Å²) in [5, 5.41) is 21.1. The molecule has 2 heterocycles. The average Bonchev–Trinajstić information content (AvgIpc) is 3.85. The van der Waals surface area contributed by atoms with Crippen LogP contribution in [0.4, 0.5) is 0 Å². The summed E-state index contributed by atoms with van der Waals surface area (Å²) in [7, 11) is 0. The minimum Gasteiger partial charge on any atom is -0.493 e. The molecule has 0 bridgehead atoms. The molecule has 0 aliphatic heterocycles. The quantitative estimate of drug-likeness (QED) is 0.0453. The predicted molar refractivity (Wildman–Crippen MR) is 211 cm³/mol. The Labute approximate surface area is 319 Å². The molecule has 2 aromatic heterocycles. The molecule has 2 atom stereocenters. The third-order valence-corrected chi connectivity index (χ3v) is 9.84. The second-order valence-corrected chi connectivity index (χ2v) is 14.7. The molecule has 0 spiro atoms. The summed E-state index contributed by atoms with van der Waals surface area (Å²) in [6, 6.07) is 15.2. The minimum atomic E-state index is -0.507. The standard InChI is InChI=1S/C40H59N11O3/c1-29(2)21-24-53-37-19-8-6-16-33(37)34-17-7-9-20-38(34)54-28-32-26-50(48-46-32)25-31(15-12-23-44-40(42)43)45-39(52)36(18-10-11-22-41)51-27-35(47-49-51)30-13-4-3-5-14-30/h6-9,16-17,19-20,26-27,29-31,36H,3-5,10-15,18,21-25,28,41H2,1-2H3,(H,45,52)(H4,42,43,44)/t31-,36-/m1/s1. The maximum absolute atomic E-state index is 14.0. The maximum atomic E-state index is 14.0. The van der Waals surface area contributed by atoms with Crippen LogP contribution in [0.2, 0.25) is 0 Å². The Morgan fingerprint density at radius 2 is 1.61 bits per heavy atom. The van der Waals surface area contributed by atoms with Crippen LogP contribution in [0.1, 0.15) is 108 Å². The molecule has 7 N–H and O–H groups in total. The number of hydrogen-bond donors (Lipinski definition) is 4. The molecular formula is C40H59N11O3. The van der Waals surface area contributed by atoms with Gasteiger partial charge < -0.3 is 32.0 Å². The zero-order valence-corrected chi connectivity index (χ0v) is 32.0. The second-order valence-electron chi connectivity index (χ2n) is 14.7. The lowest BCUT2D eigenvalue weighted by Gasteiger charge is -2.23. The minimum absolute atomic E-state index is 0.0418. The number of nitrogens with one attached hydrogen (secondary N) is 1. The summed E-state index contributed by atoms with van der Waals surface area (Å²) in [5.41, 5.74) is 20.5. The van der Waals surface area contributed by atoms with Gasteiger partial charge in [-0.15, -0.1) is 10.2 Å². The number of unbranched alkanes of at least 4 members (excludes halogenated alkanes) is 1. The van der Waals surface area contributed by atoms with Crippen molar-refractivity contribution in [3.05, 3.63) is 72.3 Å². The monoisotopic (exact) mass is 741 g/mol. The Morgan fingerprint density at radius 3 is 2.31 bits per heavy atom.